The second kappa shape index (κ2) is 7.80. The lowest BCUT2D eigenvalue weighted by atomic mass is 10.0. The molecule has 17 heavy (non-hydrogen) atoms. The fourth-order valence-electron chi connectivity index (χ4n) is 1.71. The number of aliphatic hydroxyl groups excluding tert-OH is 1. The summed E-state index contributed by atoms with van der Waals surface area (Å²) in [7, 11) is 0. The van der Waals surface area contributed by atoms with E-state index in [1.54, 1.807) is 6.07 Å². The third-order valence-corrected chi connectivity index (χ3v) is 3.37. The lowest BCUT2D eigenvalue weighted by Gasteiger charge is -2.14. The smallest absolute Gasteiger partial charge is 0.128 e. The molecule has 0 bridgehead atoms. The molecule has 0 heterocycles. The minimum absolute atomic E-state index is 0.193. The lowest BCUT2D eigenvalue weighted by Crippen LogP contribution is -2.23. The van der Waals surface area contributed by atoms with Crippen molar-refractivity contribution in [3.05, 3.63) is 34.1 Å². The molecule has 0 fully saturated rings. The summed E-state index contributed by atoms with van der Waals surface area (Å²) in [6, 6.07) is 5.09. The summed E-state index contributed by atoms with van der Waals surface area (Å²) >= 11 is 3.23. The van der Waals surface area contributed by atoms with E-state index in [-0.39, 0.29) is 12.4 Å². The van der Waals surface area contributed by atoms with Crippen LogP contribution in [0.5, 0.6) is 0 Å². The van der Waals surface area contributed by atoms with Gasteiger partial charge in [0.2, 0.25) is 0 Å². The van der Waals surface area contributed by atoms with Crippen LogP contribution in [0.4, 0.5) is 4.39 Å². The molecule has 0 spiro atoms. The van der Waals surface area contributed by atoms with Gasteiger partial charge in [-0.1, -0.05) is 35.3 Å². The summed E-state index contributed by atoms with van der Waals surface area (Å²) < 4.78 is 14.2. The standard InChI is InChI=1S/C13H19BrFNO/c1-2-10(5-6-17)8-16-9-11-3-4-12(14)7-13(11)15/h3-4,7,10,16-17H,2,5-6,8-9H2,1H3. The van der Waals surface area contributed by atoms with Crippen LogP contribution < -0.4 is 5.32 Å². The van der Waals surface area contributed by atoms with E-state index >= 15 is 0 Å². The number of hydrogen-bond acceptors (Lipinski definition) is 2. The van der Waals surface area contributed by atoms with Crippen LogP contribution in [0.1, 0.15) is 25.3 Å². The van der Waals surface area contributed by atoms with Gasteiger partial charge in [-0.25, -0.2) is 4.39 Å². The molecule has 0 aliphatic rings. The second-order valence-electron chi connectivity index (χ2n) is 4.15. The topological polar surface area (TPSA) is 32.3 Å². The summed E-state index contributed by atoms with van der Waals surface area (Å²) in [5, 5.41) is 12.1. The number of halogens is 2. The van der Waals surface area contributed by atoms with Crippen LogP contribution in [0.15, 0.2) is 22.7 Å². The van der Waals surface area contributed by atoms with Gasteiger partial charge in [0.25, 0.3) is 0 Å². The molecule has 0 aliphatic heterocycles. The molecule has 4 heteroatoms. The van der Waals surface area contributed by atoms with Crippen LogP contribution in [0.2, 0.25) is 0 Å². The largest absolute Gasteiger partial charge is 0.396 e. The van der Waals surface area contributed by atoms with E-state index < -0.39 is 0 Å². The molecular weight excluding hydrogens is 285 g/mol. The molecule has 1 rings (SSSR count). The van der Waals surface area contributed by atoms with Gasteiger partial charge in [0.05, 0.1) is 0 Å². The molecule has 1 atom stereocenters. The van der Waals surface area contributed by atoms with Crippen LogP contribution in [0.3, 0.4) is 0 Å². The van der Waals surface area contributed by atoms with Crippen molar-refractivity contribution in [2.45, 2.75) is 26.3 Å². The summed E-state index contributed by atoms with van der Waals surface area (Å²) in [5.74, 6) is 0.264. The Kier molecular flexibility index (Phi) is 6.70. The molecule has 96 valence electrons. The van der Waals surface area contributed by atoms with Gasteiger partial charge in [0.1, 0.15) is 5.82 Å². The first-order valence-electron chi connectivity index (χ1n) is 5.92. The highest BCUT2D eigenvalue weighted by atomic mass is 79.9. The van der Waals surface area contributed by atoms with E-state index in [0.717, 1.165) is 23.9 Å². The number of rotatable bonds is 7. The highest BCUT2D eigenvalue weighted by Gasteiger charge is 2.06. The fourth-order valence-corrected chi connectivity index (χ4v) is 2.04. The van der Waals surface area contributed by atoms with Gasteiger partial charge in [0.15, 0.2) is 0 Å². The van der Waals surface area contributed by atoms with E-state index in [2.05, 4.69) is 28.2 Å². The molecule has 1 aromatic rings. The molecule has 1 aromatic carbocycles. The van der Waals surface area contributed by atoms with Crippen molar-refractivity contribution < 1.29 is 9.50 Å². The molecular formula is C13H19BrFNO. The van der Waals surface area contributed by atoms with Crippen molar-refractivity contribution in [2.75, 3.05) is 13.2 Å². The van der Waals surface area contributed by atoms with Gasteiger partial charge >= 0.3 is 0 Å². The maximum absolute atomic E-state index is 13.5. The maximum atomic E-state index is 13.5. The van der Waals surface area contributed by atoms with Gasteiger partial charge < -0.3 is 10.4 Å². The average molecular weight is 304 g/mol. The Morgan fingerprint density at radius 2 is 2.24 bits per heavy atom. The highest BCUT2D eigenvalue weighted by Crippen LogP contribution is 2.15. The average Bonchev–Trinajstić information content (AvgIpc) is 2.30. The SMILES string of the molecule is CCC(CCO)CNCc1ccc(Br)cc1F. The molecule has 0 amide bonds. The van der Waals surface area contributed by atoms with Crippen molar-refractivity contribution in [2.24, 2.45) is 5.92 Å². The summed E-state index contributed by atoms with van der Waals surface area (Å²) in [6.07, 6.45) is 1.82. The van der Waals surface area contributed by atoms with Crippen molar-refractivity contribution in [1.29, 1.82) is 0 Å². The Hall–Kier alpha value is -0.450. The van der Waals surface area contributed by atoms with Gasteiger partial charge in [-0.2, -0.15) is 0 Å². The third-order valence-electron chi connectivity index (χ3n) is 2.88. The van der Waals surface area contributed by atoms with Crippen LogP contribution in [0.25, 0.3) is 0 Å². The predicted octanol–water partition coefficient (Wildman–Crippen LogP) is 3.09. The Bertz CT molecular complexity index is 346. The Morgan fingerprint density at radius 3 is 2.82 bits per heavy atom. The van der Waals surface area contributed by atoms with Crippen LogP contribution >= 0.6 is 15.9 Å². The van der Waals surface area contributed by atoms with E-state index in [0.29, 0.717) is 18.0 Å². The van der Waals surface area contributed by atoms with E-state index in [1.165, 1.54) is 6.07 Å². The monoisotopic (exact) mass is 303 g/mol. The van der Waals surface area contributed by atoms with Gasteiger partial charge in [-0.3, -0.25) is 0 Å². The van der Waals surface area contributed by atoms with Crippen LogP contribution in [-0.2, 0) is 6.54 Å². The van der Waals surface area contributed by atoms with Crippen LogP contribution in [0, 0.1) is 11.7 Å². The van der Waals surface area contributed by atoms with Crippen molar-refractivity contribution in [3.8, 4) is 0 Å². The van der Waals surface area contributed by atoms with Gasteiger partial charge in [0, 0.05) is 23.2 Å². The molecule has 2 nitrogen and oxygen atoms in total. The van der Waals surface area contributed by atoms with Crippen molar-refractivity contribution in [3.63, 3.8) is 0 Å². The quantitative estimate of drug-likeness (QED) is 0.811. The van der Waals surface area contributed by atoms with Gasteiger partial charge in [-0.05, 0) is 31.0 Å². The third kappa shape index (κ3) is 5.15. The highest BCUT2D eigenvalue weighted by molar-refractivity contribution is 9.10. The molecule has 0 aromatic heterocycles. The molecule has 0 saturated carbocycles. The first kappa shape index (κ1) is 14.6. The Balaban J connectivity index is 2.39. The Morgan fingerprint density at radius 1 is 1.47 bits per heavy atom. The van der Waals surface area contributed by atoms with Crippen LogP contribution in [-0.4, -0.2) is 18.3 Å². The summed E-state index contributed by atoms with van der Waals surface area (Å²) in [4.78, 5) is 0. The first-order chi connectivity index (χ1) is 8.17. The van der Waals surface area contributed by atoms with Gasteiger partial charge in [-0.15, -0.1) is 0 Å². The van der Waals surface area contributed by atoms with Crippen molar-refractivity contribution in [1.82, 2.24) is 5.32 Å². The molecule has 0 radical (unpaired) electrons. The van der Waals surface area contributed by atoms with E-state index in [9.17, 15) is 4.39 Å². The zero-order chi connectivity index (χ0) is 12.7. The summed E-state index contributed by atoms with van der Waals surface area (Å²) in [6.45, 7) is 3.66. The zero-order valence-electron chi connectivity index (χ0n) is 10.0. The fraction of sp³-hybridized carbons (Fsp3) is 0.538. The van der Waals surface area contributed by atoms with E-state index in [1.807, 2.05) is 6.07 Å². The minimum Gasteiger partial charge on any atom is -0.396 e. The second-order valence-corrected chi connectivity index (χ2v) is 5.07. The summed E-state index contributed by atoms with van der Waals surface area (Å²) in [5.41, 5.74) is 0.673. The molecule has 2 N–H and O–H groups in total. The zero-order valence-corrected chi connectivity index (χ0v) is 11.6. The number of nitrogens with one attached hydrogen (secondary N) is 1. The van der Waals surface area contributed by atoms with Crippen molar-refractivity contribution >= 4 is 15.9 Å². The maximum Gasteiger partial charge on any atom is 0.128 e. The normalized spacial score (nSPS) is 12.7. The number of aliphatic hydroxyl groups is 1. The minimum atomic E-state index is -0.193. The predicted molar refractivity (Wildman–Crippen MR) is 71.3 cm³/mol. The molecule has 1 unspecified atom stereocenters. The molecule has 0 aliphatic carbocycles. The number of benzene rings is 1. The molecule has 0 saturated heterocycles. The lowest BCUT2D eigenvalue weighted by molar-refractivity contribution is 0.251. The number of hydrogen-bond donors (Lipinski definition) is 2. The first-order valence-corrected chi connectivity index (χ1v) is 6.72. The van der Waals surface area contributed by atoms with E-state index in [4.69, 9.17) is 5.11 Å². The Labute approximate surface area is 110 Å².